The van der Waals surface area contributed by atoms with E-state index in [-0.39, 0.29) is 0 Å². The Hall–Kier alpha value is -1.02. The van der Waals surface area contributed by atoms with Crippen LogP contribution in [-0.2, 0) is 0 Å². The van der Waals surface area contributed by atoms with Crippen LogP contribution in [0.1, 0.15) is 18.5 Å². The lowest BCUT2D eigenvalue weighted by Gasteiger charge is -2.03. The van der Waals surface area contributed by atoms with E-state index in [1.54, 1.807) is 7.11 Å². The van der Waals surface area contributed by atoms with Crippen LogP contribution in [0.5, 0.6) is 5.75 Å². The second-order valence-corrected chi connectivity index (χ2v) is 2.67. The highest BCUT2D eigenvalue weighted by molar-refractivity contribution is 5.27. The minimum atomic E-state index is 0.348. The monoisotopic (exact) mass is 152 g/mol. The van der Waals surface area contributed by atoms with E-state index in [1.165, 1.54) is 5.56 Å². The van der Waals surface area contributed by atoms with E-state index in [4.69, 9.17) is 4.74 Å². The number of hydrogen-bond acceptors (Lipinski definition) is 1. The largest absolute Gasteiger partial charge is 0.497 e. The molecule has 1 atom stereocenters. The smallest absolute Gasteiger partial charge is 0.118 e. The Morgan fingerprint density at radius 2 is 1.82 bits per heavy atom. The molecule has 0 heterocycles. The molecule has 0 spiro atoms. The molecule has 0 aromatic heterocycles. The van der Waals surface area contributed by atoms with Gasteiger partial charge in [0.05, 0.1) is 7.11 Å². The zero-order chi connectivity index (χ0) is 8.27. The van der Waals surface area contributed by atoms with Gasteiger partial charge in [-0.3, -0.25) is 0 Å². The van der Waals surface area contributed by atoms with Gasteiger partial charge in [0.2, 0.25) is 0 Å². The summed E-state index contributed by atoms with van der Waals surface area (Å²) in [5.74, 6) is 0.898. The number of hydrogen-bond donors (Lipinski definition) is 1. The van der Waals surface area contributed by atoms with E-state index >= 15 is 0 Å². The standard InChI is InChI=1S/C9H13NO/c1-7(10)8-3-5-9(11-2)6-4-8/h3-7H,10H2,1-2H3/p+1/t7-/m0/s1. The fourth-order valence-corrected chi connectivity index (χ4v) is 0.932. The number of benzene rings is 1. The summed E-state index contributed by atoms with van der Waals surface area (Å²) in [6.07, 6.45) is 0. The zero-order valence-electron chi connectivity index (χ0n) is 7.00. The van der Waals surface area contributed by atoms with E-state index in [2.05, 4.69) is 12.7 Å². The predicted molar refractivity (Wildman–Crippen MR) is 44.3 cm³/mol. The first-order chi connectivity index (χ1) is 5.24. The molecule has 0 saturated heterocycles. The number of quaternary nitrogens is 1. The molecular formula is C9H14NO+. The molecule has 2 nitrogen and oxygen atoms in total. The molecule has 0 aliphatic heterocycles. The first-order valence-electron chi connectivity index (χ1n) is 3.71. The Kier molecular flexibility index (Phi) is 2.49. The van der Waals surface area contributed by atoms with Gasteiger partial charge in [0.15, 0.2) is 0 Å². The summed E-state index contributed by atoms with van der Waals surface area (Å²) in [5, 5.41) is 0. The van der Waals surface area contributed by atoms with Crippen molar-refractivity contribution in [3.05, 3.63) is 29.8 Å². The summed E-state index contributed by atoms with van der Waals surface area (Å²) in [6.45, 7) is 2.07. The predicted octanol–water partition coefficient (Wildman–Crippen LogP) is 0.998. The highest BCUT2D eigenvalue weighted by Crippen LogP contribution is 2.14. The third-order valence-electron chi connectivity index (χ3n) is 1.68. The molecule has 1 aromatic rings. The Balaban J connectivity index is 2.83. The maximum absolute atomic E-state index is 5.03. The molecule has 3 N–H and O–H groups in total. The van der Waals surface area contributed by atoms with E-state index in [0.717, 1.165) is 5.75 Å². The lowest BCUT2D eigenvalue weighted by molar-refractivity contribution is -0.420. The molecule has 0 amide bonds. The molecule has 0 bridgehead atoms. The maximum atomic E-state index is 5.03. The lowest BCUT2D eigenvalue weighted by Crippen LogP contribution is -2.51. The van der Waals surface area contributed by atoms with Crippen molar-refractivity contribution in [1.82, 2.24) is 0 Å². The third-order valence-corrected chi connectivity index (χ3v) is 1.68. The average molecular weight is 152 g/mol. The molecular weight excluding hydrogens is 138 g/mol. The second-order valence-electron chi connectivity index (χ2n) is 2.67. The fraction of sp³-hybridized carbons (Fsp3) is 0.333. The average Bonchev–Trinajstić information content (AvgIpc) is 2.05. The highest BCUT2D eigenvalue weighted by atomic mass is 16.5. The van der Waals surface area contributed by atoms with Crippen LogP contribution >= 0.6 is 0 Å². The minimum Gasteiger partial charge on any atom is -0.497 e. The van der Waals surface area contributed by atoms with Crippen molar-refractivity contribution >= 4 is 0 Å². The number of ether oxygens (including phenoxy) is 1. The van der Waals surface area contributed by atoms with E-state index < -0.39 is 0 Å². The van der Waals surface area contributed by atoms with Gasteiger partial charge in [0.1, 0.15) is 11.8 Å². The molecule has 11 heavy (non-hydrogen) atoms. The first kappa shape index (κ1) is 8.08. The van der Waals surface area contributed by atoms with Crippen LogP contribution in [0.25, 0.3) is 0 Å². The van der Waals surface area contributed by atoms with Crippen LogP contribution in [0, 0.1) is 0 Å². The highest BCUT2D eigenvalue weighted by Gasteiger charge is 2.00. The summed E-state index contributed by atoms with van der Waals surface area (Å²) < 4.78 is 5.03. The molecule has 0 aliphatic carbocycles. The van der Waals surface area contributed by atoms with Crippen molar-refractivity contribution < 1.29 is 10.5 Å². The van der Waals surface area contributed by atoms with Crippen molar-refractivity contribution in [3.63, 3.8) is 0 Å². The number of rotatable bonds is 2. The molecule has 60 valence electrons. The van der Waals surface area contributed by atoms with Crippen molar-refractivity contribution in [3.8, 4) is 5.75 Å². The normalized spacial score (nSPS) is 12.6. The van der Waals surface area contributed by atoms with E-state index in [0.29, 0.717) is 6.04 Å². The van der Waals surface area contributed by atoms with Gasteiger partial charge >= 0.3 is 0 Å². The molecule has 0 unspecified atom stereocenters. The van der Waals surface area contributed by atoms with Crippen LogP contribution in [0.4, 0.5) is 0 Å². The summed E-state index contributed by atoms with van der Waals surface area (Å²) in [4.78, 5) is 0. The van der Waals surface area contributed by atoms with Gasteiger partial charge in [0, 0.05) is 5.56 Å². The first-order valence-corrected chi connectivity index (χ1v) is 3.71. The third kappa shape index (κ3) is 1.95. The molecule has 0 aliphatic rings. The Bertz CT molecular complexity index is 216. The zero-order valence-corrected chi connectivity index (χ0v) is 7.00. The van der Waals surface area contributed by atoms with Gasteiger partial charge in [-0.25, -0.2) is 0 Å². The quantitative estimate of drug-likeness (QED) is 0.674. The van der Waals surface area contributed by atoms with Crippen LogP contribution < -0.4 is 10.5 Å². The van der Waals surface area contributed by atoms with Crippen molar-refractivity contribution in [2.75, 3.05) is 7.11 Å². The fourth-order valence-electron chi connectivity index (χ4n) is 0.932. The molecule has 1 aromatic carbocycles. The number of methoxy groups -OCH3 is 1. The van der Waals surface area contributed by atoms with Gasteiger partial charge in [-0.15, -0.1) is 0 Å². The molecule has 0 fully saturated rings. The summed E-state index contributed by atoms with van der Waals surface area (Å²) in [5.41, 5.74) is 5.16. The van der Waals surface area contributed by atoms with Crippen LogP contribution in [0.15, 0.2) is 24.3 Å². The van der Waals surface area contributed by atoms with Crippen LogP contribution in [-0.4, -0.2) is 7.11 Å². The topological polar surface area (TPSA) is 36.9 Å². The van der Waals surface area contributed by atoms with Crippen molar-refractivity contribution in [2.45, 2.75) is 13.0 Å². The Morgan fingerprint density at radius 3 is 2.18 bits per heavy atom. The molecule has 1 rings (SSSR count). The summed E-state index contributed by atoms with van der Waals surface area (Å²) in [6, 6.07) is 8.34. The van der Waals surface area contributed by atoms with Gasteiger partial charge in [0.25, 0.3) is 0 Å². The minimum absolute atomic E-state index is 0.348. The summed E-state index contributed by atoms with van der Waals surface area (Å²) >= 11 is 0. The van der Waals surface area contributed by atoms with E-state index in [1.807, 2.05) is 24.3 Å². The Labute approximate surface area is 67.0 Å². The van der Waals surface area contributed by atoms with Gasteiger partial charge in [-0.1, -0.05) is 0 Å². The maximum Gasteiger partial charge on any atom is 0.118 e. The lowest BCUT2D eigenvalue weighted by atomic mass is 10.1. The Morgan fingerprint density at radius 1 is 1.27 bits per heavy atom. The van der Waals surface area contributed by atoms with Crippen LogP contribution in [0.2, 0.25) is 0 Å². The summed E-state index contributed by atoms with van der Waals surface area (Å²) in [7, 11) is 1.67. The molecule has 2 heteroatoms. The van der Waals surface area contributed by atoms with Gasteiger partial charge < -0.3 is 10.5 Å². The van der Waals surface area contributed by atoms with Gasteiger partial charge in [-0.2, -0.15) is 0 Å². The second kappa shape index (κ2) is 3.39. The van der Waals surface area contributed by atoms with Crippen LogP contribution in [0.3, 0.4) is 0 Å². The van der Waals surface area contributed by atoms with Crippen molar-refractivity contribution in [1.29, 1.82) is 0 Å². The van der Waals surface area contributed by atoms with Gasteiger partial charge in [-0.05, 0) is 31.2 Å². The SMILES string of the molecule is COc1ccc([C@H](C)[NH3+])cc1. The molecule has 0 radical (unpaired) electrons. The van der Waals surface area contributed by atoms with E-state index in [9.17, 15) is 0 Å². The molecule has 0 saturated carbocycles. The van der Waals surface area contributed by atoms with Crippen molar-refractivity contribution in [2.24, 2.45) is 0 Å².